The summed E-state index contributed by atoms with van der Waals surface area (Å²) in [5.74, 6) is -0.376. The minimum atomic E-state index is -0.376. The smallest absolute Gasteiger partial charge is 0.265 e. The van der Waals surface area contributed by atoms with Crippen LogP contribution in [0.4, 0.5) is 5.69 Å². The number of hydrogen-bond donors (Lipinski definition) is 1. The Morgan fingerprint density at radius 2 is 2.09 bits per heavy atom. The average molecular weight is 393 g/mol. The molecule has 0 unspecified atom stereocenters. The summed E-state index contributed by atoms with van der Waals surface area (Å²) in [6.07, 6.45) is 1.51. The van der Waals surface area contributed by atoms with Gasteiger partial charge in [-0.25, -0.2) is 0 Å². The molecule has 0 aliphatic carbocycles. The van der Waals surface area contributed by atoms with E-state index in [0.29, 0.717) is 11.3 Å². The molecule has 0 spiro atoms. The van der Waals surface area contributed by atoms with Crippen molar-refractivity contribution in [2.75, 3.05) is 11.9 Å². The molecular formula is C16H11BrClN3O2. The number of carbonyl (C=O) groups is 1. The largest absolute Gasteiger partial charge is 0.386 e. The van der Waals surface area contributed by atoms with Gasteiger partial charge in [-0.3, -0.25) is 4.79 Å². The second kappa shape index (κ2) is 8.32. The van der Waals surface area contributed by atoms with Gasteiger partial charge in [0.15, 0.2) is 6.61 Å². The predicted molar refractivity (Wildman–Crippen MR) is 92.5 cm³/mol. The van der Waals surface area contributed by atoms with E-state index < -0.39 is 0 Å². The fourth-order valence-electron chi connectivity index (χ4n) is 1.62. The van der Waals surface area contributed by atoms with E-state index in [4.69, 9.17) is 21.7 Å². The third kappa shape index (κ3) is 5.40. The van der Waals surface area contributed by atoms with Gasteiger partial charge in [-0.05, 0) is 35.9 Å². The lowest BCUT2D eigenvalue weighted by Gasteiger charge is -2.05. The molecule has 2 rings (SSSR count). The summed E-state index contributed by atoms with van der Waals surface area (Å²) in [6.45, 7) is -0.231. The molecule has 23 heavy (non-hydrogen) atoms. The molecule has 0 aliphatic rings. The van der Waals surface area contributed by atoms with E-state index in [-0.39, 0.29) is 17.5 Å². The molecule has 7 heteroatoms. The Balaban J connectivity index is 1.82. The highest BCUT2D eigenvalue weighted by Crippen LogP contribution is 2.20. The van der Waals surface area contributed by atoms with Crippen molar-refractivity contribution in [1.29, 1.82) is 5.26 Å². The molecule has 0 atom stereocenters. The second-order valence-corrected chi connectivity index (χ2v) is 5.74. The molecule has 116 valence electrons. The molecule has 0 aliphatic heterocycles. The maximum Gasteiger partial charge on any atom is 0.265 e. The third-order valence-corrected chi connectivity index (χ3v) is 3.56. The number of hydrogen-bond acceptors (Lipinski definition) is 4. The zero-order chi connectivity index (χ0) is 16.7. The van der Waals surface area contributed by atoms with Gasteiger partial charge in [0.1, 0.15) is 6.07 Å². The van der Waals surface area contributed by atoms with Crippen LogP contribution in [0.1, 0.15) is 11.1 Å². The topological polar surface area (TPSA) is 74.5 Å². The molecule has 5 nitrogen and oxygen atoms in total. The van der Waals surface area contributed by atoms with Crippen LogP contribution in [0.3, 0.4) is 0 Å². The number of nitriles is 1. The summed E-state index contributed by atoms with van der Waals surface area (Å²) in [4.78, 5) is 16.6. The first-order valence-electron chi connectivity index (χ1n) is 6.49. The summed E-state index contributed by atoms with van der Waals surface area (Å²) in [5.41, 5.74) is 1.69. The molecule has 0 aromatic heterocycles. The standard InChI is InChI=1S/C16H11BrClN3O2/c17-13-4-1-11(2-5-13)9-20-23-10-16(22)21-14-6-3-12(8-19)15(18)7-14/h1-7,9H,10H2,(H,21,22)/b20-9-. The molecule has 0 bridgehead atoms. The van der Waals surface area contributed by atoms with Crippen molar-refractivity contribution >= 4 is 45.3 Å². The molecule has 0 fully saturated rings. The van der Waals surface area contributed by atoms with E-state index in [2.05, 4.69) is 26.4 Å². The first-order chi connectivity index (χ1) is 11.1. The van der Waals surface area contributed by atoms with Gasteiger partial charge in [-0.2, -0.15) is 5.26 Å². The Labute approximate surface area is 146 Å². The van der Waals surface area contributed by atoms with E-state index in [1.54, 1.807) is 6.07 Å². The van der Waals surface area contributed by atoms with Crippen LogP contribution in [-0.4, -0.2) is 18.7 Å². The lowest BCUT2D eigenvalue weighted by atomic mass is 10.2. The van der Waals surface area contributed by atoms with Crippen LogP contribution in [0, 0.1) is 11.3 Å². The SMILES string of the molecule is N#Cc1ccc(NC(=O)CO/N=C\c2ccc(Br)cc2)cc1Cl. The zero-order valence-electron chi connectivity index (χ0n) is 11.8. The van der Waals surface area contributed by atoms with E-state index in [0.717, 1.165) is 10.0 Å². The summed E-state index contributed by atoms with van der Waals surface area (Å²) in [5, 5.41) is 15.4. The number of benzene rings is 2. The fourth-order valence-corrected chi connectivity index (χ4v) is 2.11. The van der Waals surface area contributed by atoms with Gasteiger partial charge in [-0.15, -0.1) is 0 Å². The highest BCUT2D eigenvalue weighted by molar-refractivity contribution is 9.10. The highest BCUT2D eigenvalue weighted by atomic mass is 79.9. The van der Waals surface area contributed by atoms with Crippen molar-refractivity contribution in [2.24, 2.45) is 5.16 Å². The van der Waals surface area contributed by atoms with Crippen molar-refractivity contribution in [3.63, 3.8) is 0 Å². The van der Waals surface area contributed by atoms with Crippen molar-refractivity contribution in [3.8, 4) is 6.07 Å². The summed E-state index contributed by atoms with van der Waals surface area (Å²) in [6, 6.07) is 14.0. The lowest BCUT2D eigenvalue weighted by molar-refractivity contribution is -0.120. The maximum absolute atomic E-state index is 11.7. The molecule has 0 radical (unpaired) electrons. The van der Waals surface area contributed by atoms with Gasteiger partial charge in [0.25, 0.3) is 5.91 Å². The van der Waals surface area contributed by atoms with Crippen LogP contribution >= 0.6 is 27.5 Å². The molecule has 2 aromatic rings. The van der Waals surface area contributed by atoms with Crippen LogP contribution in [0.2, 0.25) is 5.02 Å². The molecule has 2 aromatic carbocycles. The molecular weight excluding hydrogens is 382 g/mol. The minimum Gasteiger partial charge on any atom is -0.386 e. The summed E-state index contributed by atoms with van der Waals surface area (Å²) < 4.78 is 0.969. The molecule has 0 heterocycles. The van der Waals surface area contributed by atoms with Crippen LogP contribution in [0.15, 0.2) is 52.1 Å². The third-order valence-electron chi connectivity index (χ3n) is 2.72. The molecule has 0 saturated carbocycles. The maximum atomic E-state index is 11.7. The normalized spacial score (nSPS) is 10.3. The van der Waals surface area contributed by atoms with Gasteiger partial charge in [-0.1, -0.05) is 44.8 Å². The second-order valence-electron chi connectivity index (χ2n) is 4.41. The Bertz CT molecular complexity index is 770. The van der Waals surface area contributed by atoms with Crippen LogP contribution in [0.25, 0.3) is 0 Å². The number of nitrogens with one attached hydrogen (secondary N) is 1. The fraction of sp³-hybridized carbons (Fsp3) is 0.0625. The zero-order valence-corrected chi connectivity index (χ0v) is 14.1. The summed E-state index contributed by atoms with van der Waals surface area (Å²) in [7, 11) is 0. The summed E-state index contributed by atoms with van der Waals surface area (Å²) >= 11 is 9.22. The number of halogens is 2. The first-order valence-corrected chi connectivity index (χ1v) is 7.66. The number of oxime groups is 1. The number of amides is 1. The molecule has 1 amide bonds. The monoisotopic (exact) mass is 391 g/mol. The van der Waals surface area contributed by atoms with Crippen molar-refractivity contribution < 1.29 is 9.63 Å². The van der Waals surface area contributed by atoms with Crippen LogP contribution in [-0.2, 0) is 9.63 Å². The van der Waals surface area contributed by atoms with Gasteiger partial charge >= 0.3 is 0 Å². The van der Waals surface area contributed by atoms with Crippen LogP contribution in [0.5, 0.6) is 0 Å². The Hall–Kier alpha value is -2.36. The van der Waals surface area contributed by atoms with E-state index >= 15 is 0 Å². The van der Waals surface area contributed by atoms with Gasteiger partial charge in [0.05, 0.1) is 16.8 Å². The van der Waals surface area contributed by atoms with Gasteiger partial charge < -0.3 is 10.2 Å². The molecule has 1 N–H and O–H groups in total. The van der Waals surface area contributed by atoms with Crippen molar-refractivity contribution in [1.82, 2.24) is 0 Å². The Morgan fingerprint density at radius 1 is 1.35 bits per heavy atom. The van der Waals surface area contributed by atoms with Gasteiger partial charge in [0.2, 0.25) is 0 Å². The van der Waals surface area contributed by atoms with E-state index in [9.17, 15) is 4.79 Å². The minimum absolute atomic E-state index is 0.231. The number of rotatable bonds is 5. The Morgan fingerprint density at radius 3 is 2.74 bits per heavy atom. The van der Waals surface area contributed by atoms with E-state index in [1.807, 2.05) is 30.3 Å². The number of carbonyl (C=O) groups excluding carboxylic acids is 1. The number of anilines is 1. The first kappa shape index (κ1) is 17.0. The average Bonchev–Trinajstić information content (AvgIpc) is 2.53. The van der Waals surface area contributed by atoms with Crippen molar-refractivity contribution in [2.45, 2.75) is 0 Å². The van der Waals surface area contributed by atoms with Crippen molar-refractivity contribution in [3.05, 3.63) is 63.1 Å². The molecule has 0 saturated heterocycles. The lowest BCUT2D eigenvalue weighted by Crippen LogP contribution is -2.17. The quantitative estimate of drug-likeness (QED) is 0.618. The van der Waals surface area contributed by atoms with Crippen LogP contribution < -0.4 is 5.32 Å². The van der Waals surface area contributed by atoms with Gasteiger partial charge in [0, 0.05) is 10.2 Å². The number of nitrogens with zero attached hydrogens (tertiary/aromatic N) is 2. The Kier molecular flexibility index (Phi) is 6.15. The predicted octanol–water partition coefficient (Wildman–Crippen LogP) is 3.96. The van der Waals surface area contributed by atoms with E-state index in [1.165, 1.54) is 18.3 Å². The highest BCUT2D eigenvalue weighted by Gasteiger charge is 2.05.